The van der Waals surface area contributed by atoms with Crippen molar-refractivity contribution in [3.8, 4) is 0 Å². The molecule has 0 aromatic rings. The standard InChI is InChI=1S/C16H29N3O/c1-11-2-4-13(5-3-11)18-16(20)10-19-14-6-7-15(19)9-12(17)8-14/h11-15H,2-10,17H2,1H3,(H,18,20). The van der Waals surface area contributed by atoms with E-state index in [2.05, 4.69) is 17.1 Å². The van der Waals surface area contributed by atoms with Crippen molar-refractivity contribution in [1.29, 1.82) is 0 Å². The fraction of sp³-hybridized carbons (Fsp3) is 0.938. The zero-order valence-electron chi connectivity index (χ0n) is 12.7. The Labute approximate surface area is 122 Å². The van der Waals surface area contributed by atoms with Gasteiger partial charge in [-0.2, -0.15) is 0 Å². The molecule has 3 fully saturated rings. The first-order valence-corrected chi connectivity index (χ1v) is 8.42. The van der Waals surface area contributed by atoms with Crippen molar-refractivity contribution in [2.45, 2.75) is 82.5 Å². The smallest absolute Gasteiger partial charge is 0.234 e. The van der Waals surface area contributed by atoms with Gasteiger partial charge in [-0.1, -0.05) is 6.92 Å². The molecule has 3 N–H and O–H groups in total. The van der Waals surface area contributed by atoms with E-state index in [1.165, 1.54) is 25.7 Å². The van der Waals surface area contributed by atoms with Crippen LogP contribution in [0.1, 0.15) is 58.3 Å². The summed E-state index contributed by atoms with van der Waals surface area (Å²) >= 11 is 0. The largest absolute Gasteiger partial charge is 0.352 e. The van der Waals surface area contributed by atoms with Crippen molar-refractivity contribution in [1.82, 2.24) is 10.2 Å². The molecule has 4 nitrogen and oxygen atoms in total. The molecule has 0 spiro atoms. The van der Waals surface area contributed by atoms with Gasteiger partial charge < -0.3 is 11.1 Å². The summed E-state index contributed by atoms with van der Waals surface area (Å²) in [4.78, 5) is 14.7. The van der Waals surface area contributed by atoms with Gasteiger partial charge in [0, 0.05) is 24.2 Å². The average Bonchev–Trinajstić information content (AvgIpc) is 2.65. The third-order valence-electron chi connectivity index (χ3n) is 5.63. The Bertz CT molecular complexity index is 338. The topological polar surface area (TPSA) is 58.4 Å². The summed E-state index contributed by atoms with van der Waals surface area (Å²) in [5.74, 6) is 1.07. The molecule has 2 bridgehead atoms. The second kappa shape index (κ2) is 6.02. The highest BCUT2D eigenvalue weighted by Crippen LogP contribution is 2.34. The first-order valence-electron chi connectivity index (χ1n) is 8.42. The van der Waals surface area contributed by atoms with Crippen molar-refractivity contribution in [3.05, 3.63) is 0 Å². The van der Waals surface area contributed by atoms with E-state index < -0.39 is 0 Å². The lowest BCUT2D eigenvalue weighted by molar-refractivity contribution is -0.124. The molecule has 4 heteroatoms. The van der Waals surface area contributed by atoms with E-state index in [-0.39, 0.29) is 5.91 Å². The van der Waals surface area contributed by atoms with E-state index in [9.17, 15) is 4.79 Å². The average molecular weight is 279 g/mol. The second-order valence-corrected chi connectivity index (χ2v) is 7.31. The van der Waals surface area contributed by atoms with E-state index in [1.54, 1.807) is 0 Å². The van der Waals surface area contributed by atoms with E-state index in [1.807, 2.05) is 0 Å². The van der Waals surface area contributed by atoms with E-state index >= 15 is 0 Å². The normalized spacial score (nSPS) is 41.6. The van der Waals surface area contributed by atoms with Gasteiger partial charge in [0.25, 0.3) is 0 Å². The molecule has 2 heterocycles. The summed E-state index contributed by atoms with van der Waals surface area (Å²) < 4.78 is 0. The van der Waals surface area contributed by atoms with Crippen LogP contribution in [0, 0.1) is 5.92 Å². The quantitative estimate of drug-likeness (QED) is 0.825. The number of nitrogens with one attached hydrogen (secondary N) is 1. The SMILES string of the molecule is CC1CCC(NC(=O)CN2C3CCC2CC(N)C3)CC1. The van der Waals surface area contributed by atoms with Gasteiger partial charge in [0.15, 0.2) is 0 Å². The molecule has 2 aliphatic heterocycles. The van der Waals surface area contributed by atoms with Crippen LogP contribution >= 0.6 is 0 Å². The highest BCUT2D eigenvalue weighted by atomic mass is 16.2. The maximum absolute atomic E-state index is 12.3. The minimum atomic E-state index is 0.233. The number of amides is 1. The van der Waals surface area contributed by atoms with Gasteiger partial charge in [0.05, 0.1) is 6.54 Å². The predicted octanol–water partition coefficient (Wildman–Crippen LogP) is 1.64. The molecular weight excluding hydrogens is 250 g/mol. The highest BCUT2D eigenvalue weighted by Gasteiger charge is 2.40. The van der Waals surface area contributed by atoms with Gasteiger partial charge in [-0.05, 0) is 57.3 Å². The van der Waals surface area contributed by atoms with Crippen LogP contribution < -0.4 is 11.1 Å². The Kier molecular flexibility index (Phi) is 4.32. The molecule has 2 unspecified atom stereocenters. The predicted molar refractivity (Wildman–Crippen MR) is 80.3 cm³/mol. The zero-order valence-corrected chi connectivity index (χ0v) is 12.7. The Morgan fingerprint density at radius 2 is 1.70 bits per heavy atom. The summed E-state index contributed by atoms with van der Waals surface area (Å²) in [5.41, 5.74) is 6.08. The van der Waals surface area contributed by atoms with Crippen LogP contribution in [0.4, 0.5) is 0 Å². The Balaban J connectivity index is 1.47. The van der Waals surface area contributed by atoms with E-state index in [0.717, 1.165) is 31.6 Å². The fourth-order valence-electron chi connectivity index (χ4n) is 4.42. The summed E-state index contributed by atoms with van der Waals surface area (Å²) in [6.45, 7) is 2.90. The molecule has 1 amide bonds. The van der Waals surface area contributed by atoms with Crippen molar-refractivity contribution in [2.24, 2.45) is 11.7 Å². The Morgan fingerprint density at radius 1 is 1.10 bits per heavy atom. The third-order valence-corrected chi connectivity index (χ3v) is 5.63. The van der Waals surface area contributed by atoms with E-state index in [4.69, 9.17) is 5.73 Å². The van der Waals surface area contributed by atoms with Crippen LogP contribution in [0.5, 0.6) is 0 Å². The molecule has 0 aromatic heterocycles. The van der Waals surface area contributed by atoms with Crippen molar-refractivity contribution >= 4 is 5.91 Å². The van der Waals surface area contributed by atoms with Gasteiger partial charge in [-0.3, -0.25) is 9.69 Å². The van der Waals surface area contributed by atoms with Crippen LogP contribution in [0.25, 0.3) is 0 Å². The Morgan fingerprint density at radius 3 is 2.30 bits per heavy atom. The lowest BCUT2D eigenvalue weighted by Crippen LogP contribution is -2.52. The summed E-state index contributed by atoms with van der Waals surface area (Å²) in [6.07, 6.45) is 9.44. The monoisotopic (exact) mass is 279 g/mol. The van der Waals surface area contributed by atoms with E-state index in [0.29, 0.717) is 30.7 Å². The molecule has 114 valence electrons. The lowest BCUT2D eigenvalue weighted by Gasteiger charge is -2.37. The van der Waals surface area contributed by atoms with Crippen LogP contribution in [0.2, 0.25) is 0 Å². The molecule has 3 aliphatic rings. The molecule has 3 rings (SSSR count). The number of nitrogens with zero attached hydrogens (tertiary/aromatic N) is 1. The van der Waals surface area contributed by atoms with Gasteiger partial charge in [-0.15, -0.1) is 0 Å². The van der Waals surface area contributed by atoms with Crippen LogP contribution in [-0.4, -0.2) is 41.5 Å². The number of rotatable bonds is 3. The number of carbonyl (C=O) groups excluding carboxylic acids is 1. The zero-order chi connectivity index (χ0) is 14.1. The van der Waals surface area contributed by atoms with Gasteiger partial charge in [0.2, 0.25) is 5.91 Å². The highest BCUT2D eigenvalue weighted by molar-refractivity contribution is 5.78. The number of hydrogen-bond acceptors (Lipinski definition) is 3. The minimum absolute atomic E-state index is 0.233. The number of nitrogens with two attached hydrogens (primary N) is 1. The van der Waals surface area contributed by atoms with Gasteiger partial charge >= 0.3 is 0 Å². The summed E-state index contributed by atoms with van der Waals surface area (Å²) in [5, 5.41) is 3.25. The summed E-state index contributed by atoms with van der Waals surface area (Å²) in [6, 6.07) is 1.89. The maximum Gasteiger partial charge on any atom is 0.234 e. The molecule has 1 aliphatic carbocycles. The molecule has 0 radical (unpaired) electrons. The number of hydrogen-bond donors (Lipinski definition) is 2. The van der Waals surface area contributed by atoms with Crippen LogP contribution in [0.15, 0.2) is 0 Å². The van der Waals surface area contributed by atoms with Crippen LogP contribution in [0.3, 0.4) is 0 Å². The lowest BCUT2D eigenvalue weighted by atomic mass is 9.87. The Hall–Kier alpha value is -0.610. The van der Waals surface area contributed by atoms with Crippen molar-refractivity contribution in [3.63, 3.8) is 0 Å². The molecule has 0 aromatic carbocycles. The van der Waals surface area contributed by atoms with Gasteiger partial charge in [0.1, 0.15) is 0 Å². The number of piperidine rings is 1. The van der Waals surface area contributed by atoms with Crippen molar-refractivity contribution in [2.75, 3.05) is 6.54 Å². The first-order chi connectivity index (χ1) is 9.61. The molecule has 2 saturated heterocycles. The van der Waals surface area contributed by atoms with Crippen molar-refractivity contribution < 1.29 is 4.79 Å². The third kappa shape index (κ3) is 3.17. The maximum atomic E-state index is 12.3. The number of fused-ring (bicyclic) bond motifs is 2. The molecule has 2 atom stereocenters. The number of carbonyl (C=O) groups is 1. The van der Waals surface area contributed by atoms with Gasteiger partial charge in [-0.25, -0.2) is 0 Å². The fourth-order valence-corrected chi connectivity index (χ4v) is 4.42. The molecule has 1 saturated carbocycles. The summed E-state index contributed by atoms with van der Waals surface area (Å²) in [7, 11) is 0. The van der Waals surface area contributed by atoms with Crippen LogP contribution in [-0.2, 0) is 4.79 Å². The minimum Gasteiger partial charge on any atom is -0.352 e. The molecular formula is C16H29N3O. The second-order valence-electron chi connectivity index (χ2n) is 7.31. The molecule has 20 heavy (non-hydrogen) atoms. The first kappa shape index (κ1) is 14.3.